The summed E-state index contributed by atoms with van der Waals surface area (Å²) in [7, 11) is 1.61. The van der Waals surface area contributed by atoms with E-state index in [-0.39, 0.29) is 17.9 Å². The van der Waals surface area contributed by atoms with E-state index >= 15 is 0 Å². The summed E-state index contributed by atoms with van der Waals surface area (Å²) in [5.41, 5.74) is 0.949. The Hall–Kier alpha value is -2.04. The van der Waals surface area contributed by atoms with Crippen molar-refractivity contribution < 1.29 is 14.3 Å². The van der Waals surface area contributed by atoms with Crippen molar-refractivity contribution in [3.63, 3.8) is 0 Å². The number of hydrogen-bond donors (Lipinski definition) is 1. The Kier molecular flexibility index (Phi) is 4.61. The fraction of sp³-hybridized carbons (Fsp3) is 0.467. The van der Waals surface area contributed by atoms with Gasteiger partial charge in [0.1, 0.15) is 5.75 Å². The van der Waals surface area contributed by atoms with Gasteiger partial charge in [-0.05, 0) is 24.1 Å². The Morgan fingerprint density at radius 3 is 2.60 bits per heavy atom. The van der Waals surface area contributed by atoms with Crippen LogP contribution >= 0.6 is 0 Å². The lowest BCUT2D eigenvalue weighted by atomic mass is 10.1. The van der Waals surface area contributed by atoms with Crippen LogP contribution in [0.2, 0.25) is 0 Å². The molecule has 0 spiro atoms. The Labute approximate surface area is 118 Å². The molecule has 1 aromatic rings. The molecule has 0 saturated carbocycles. The van der Waals surface area contributed by atoms with Crippen molar-refractivity contribution in [3.8, 4) is 5.75 Å². The average Bonchev–Trinajstić information content (AvgIpc) is 2.88. The van der Waals surface area contributed by atoms with Crippen LogP contribution in [0.25, 0.3) is 0 Å². The molecule has 2 rings (SSSR count). The summed E-state index contributed by atoms with van der Waals surface area (Å²) < 4.78 is 5.08. The van der Waals surface area contributed by atoms with Gasteiger partial charge in [-0.1, -0.05) is 12.1 Å². The molecule has 5 heteroatoms. The number of likely N-dealkylation sites (tertiary alicyclic amines) is 1. The van der Waals surface area contributed by atoms with Gasteiger partial charge in [-0.2, -0.15) is 0 Å². The maximum Gasteiger partial charge on any atom is 0.224 e. The molecule has 20 heavy (non-hydrogen) atoms. The number of benzene rings is 1. The molecular weight excluding hydrogens is 256 g/mol. The van der Waals surface area contributed by atoms with Gasteiger partial charge in [0, 0.05) is 26.1 Å². The normalized spacial score (nSPS) is 17.9. The van der Waals surface area contributed by atoms with E-state index in [0.717, 1.165) is 24.3 Å². The second-order valence-electron chi connectivity index (χ2n) is 5.04. The highest BCUT2D eigenvalue weighted by molar-refractivity contribution is 5.79. The number of hydrogen-bond acceptors (Lipinski definition) is 3. The van der Waals surface area contributed by atoms with E-state index in [9.17, 15) is 9.59 Å². The molecule has 1 aliphatic rings. The molecular formula is C15H20N2O3. The van der Waals surface area contributed by atoms with Crippen molar-refractivity contribution in [2.75, 3.05) is 20.2 Å². The van der Waals surface area contributed by atoms with Crippen LogP contribution in [0.3, 0.4) is 0 Å². The quantitative estimate of drug-likeness (QED) is 0.891. The van der Waals surface area contributed by atoms with Crippen LogP contribution in [0.15, 0.2) is 24.3 Å². The third-order valence-corrected chi connectivity index (χ3v) is 3.52. The van der Waals surface area contributed by atoms with E-state index in [4.69, 9.17) is 4.74 Å². The van der Waals surface area contributed by atoms with Crippen LogP contribution in [0.1, 0.15) is 18.9 Å². The zero-order valence-corrected chi connectivity index (χ0v) is 11.9. The second-order valence-corrected chi connectivity index (χ2v) is 5.04. The molecule has 0 aliphatic carbocycles. The van der Waals surface area contributed by atoms with E-state index in [1.54, 1.807) is 18.9 Å². The Morgan fingerprint density at radius 2 is 2.05 bits per heavy atom. The van der Waals surface area contributed by atoms with Crippen molar-refractivity contribution in [1.29, 1.82) is 0 Å². The number of carbonyl (C=O) groups excluding carboxylic acids is 2. The van der Waals surface area contributed by atoms with Gasteiger partial charge in [0.05, 0.1) is 13.5 Å². The third kappa shape index (κ3) is 3.73. The van der Waals surface area contributed by atoms with E-state index in [1.165, 1.54) is 0 Å². The summed E-state index contributed by atoms with van der Waals surface area (Å²) in [6.45, 7) is 2.90. The van der Waals surface area contributed by atoms with Gasteiger partial charge in [0.25, 0.3) is 0 Å². The molecule has 5 nitrogen and oxygen atoms in total. The van der Waals surface area contributed by atoms with Gasteiger partial charge in [0.15, 0.2) is 0 Å². The zero-order chi connectivity index (χ0) is 14.5. The average molecular weight is 276 g/mol. The first kappa shape index (κ1) is 14.4. The second kappa shape index (κ2) is 6.41. The number of carbonyl (C=O) groups is 2. The summed E-state index contributed by atoms with van der Waals surface area (Å²) in [5.74, 6) is 0.838. The minimum atomic E-state index is -0.00873. The first-order valence-corrected chi connectivity index (χ1v) is 6.76. The Bertz CT molecular complexity index is 484. The number of ether oxygens (including phenoxy) is 1. The highest BCUT2D eigenvalue weighted by Gasteiger charge is 2.25. The van der Waals surface area contributed by atoms with E-state index < -0.39 is 0 Å². The highest BCUT2D eigenvalue weighted by Crippen LogP contribution is 2.13. The van der Waals surface area contributed by atoms with Crippen molar-refractivity contribution in [2.24, 2.45) is 0 Å². The van der Waals surface area contributed by atoms with Crippen LogP contribution < -0.4 is 10.1 Å². The monoisotopic (exact) mass is 276 g/mol. The van der Waals surface area contributed by atoms with Crippen LogP contribution in [0, 0.1) is 0 Å². The molecule has 0 bridgehead atoms. The molecule has 0 radical (unpaired) electrons. The largest absolute Gasteiger partial charge is 0.497 e. The van der Waals surface area contributed by atoms with Gasteiger partial charge in [-0.15, -0.1) is 0 Å². The zero-order valence-electron chi connectivity index (χ0n) is 11.9. The molecule has 108 valence electrons. The molecule has 0 aromatic heterocycles. The van der Waals surface area contributed by atoms with Gasteiger partial charge in [-0.25, -0.2) is 0 Å². The van der Waals surface area contributed by atoms with Gasteiger partial charge in [0.2, 0.25) is 11.8 Å². The van der Waals surface area contributed by atoms with Crippen LogP contribution in [0.5, 0.6) is 5.75 Å². The maximum atomic E-state index is 12.0. The lowest BCUT2D eigenvalue weighted by Gasteiger charge is -2.15. The third-order valence-electron chi connectivity index (χ3n) is 3.52. The van der Waals surface area contributed by atoms with E-state index in [0.29, 0.717) is 13.0 Å². The number of nitrogens with one attached hydrogen (secondary N) is 1. The molecule has 1 aliphatic heterocycles. The summed E-state index contributed by atoms with van der Waals surface area (Å²) in [5, 5.41) is 2.98. The predicted molar refractivity (Wildman–Crippen MR) is 75.5 cm³/mol. The Balaban J connectivity index is 1.82. The summed E-state index contributed by atoms with van der Waals surface area (Å²) in [6.07, 6.45) is 1.18. The molecule has 1 unspecified atom stereocenters. The van der Waals surface area contributed by atoms with Crippen LogP contribution in [-0.4, -0.2) is 43.0 Å². The SMILES string of the molecule is COc1ccc(CC(=O)NC2CCN(C(C)=O)C2)cc1. The van der Waals surface area contributed by atoms with Crippen molar-refractivity contribution >= 4 is 11.8 Å². The first-order chi connectivity index (χ1) is 9.58. The lowest BCUT2D eigenvalue weighted by molar-refractivity contribution is -0.128. The van der Waals surface area contributed by atoms with Crippen molar-refractivity contribution in [3.05, 3.63) is 29.8 Å². The minimum absolute atomic E-state index is 0.00873. The van der Waals surface area contributed by atoms with Gasteiger partial charge < -0.3 is 15.0 Å². The predicted octanol–water partition coefficient (Wildman–Crippen LogP) is 0.975. The van der Waals surface area contributed by atoms with Gasteiger partial charge >= 0.3 is 0 Å². The van der Waals surface area contributed by atoms with E-state index in [1.807, 2.05) is 24.3 Å². The standard InChI is InChI=1S/C15H20N2O3/c1-11(18)17-8-7-13(10-17)16-15(19)9-12-3-5-14(20-2)6-4-12/h3-6,13H,7-10H2,1-2H3,(H,16,19). The summed E-state index contributed by atoms with van der Waals surface area (Å²) >= 11 is 0. The molecule has 1 heterocycles. The first-order valence-electron chi connectivity index (χ1n) is 6.76. The minimum Gasteiger partial charge on any atom is -0.497 e. The van der Waals surface area contributed by atoms with Crippen molar-refractivity contribution in [1.82, 2.24) is 10.2 Å². The topological polar surface area (TPSA) is 58.6 Å². The number of nitrogens with zero attached hydrogens (tertiary/aromatic N) is 1. The number of methoxy groups -OCH3 is 1. The fourth-order valence-electron chi connectivity index (χ4n) is 2.37. The van der Waals surface area contributed by atoms with Gasteiger partial charge in [-0.3, -0.25) is 9.59 Å². The number of rotatable bonds is 4. The molecule has 1 N–H and O–H groups in total. The Morgan fingerprint density at radius 1 is 1.35 bits per heavy atom. The summed E-state index contributed by atoms with van der Waals surface area (Å²) in [4.78, 5) is 24.9. The van der Waals surface area contributed by atoms with Crippen molar-refractivity contribution in [2.45, 2.75) is 25.8 Å². The lowest BCUT2D eigenvalue weighted by Crippen LogP contribution is -2.38. The molecule has 1 fully saturated rings. The fourth-order valence-corrected chi connectivity index (χ4v) is 2.37. The van der Waals surface area contributed by atoms with E-state index in [2.05, 4.69) is 5.32 Å². The number of amides is 2. The molecule has 1 atom stereocenters. The highest BCUT2D eigenvalue weighted by atomic mass is 16.5. The van der Waals surface area contributed by atoms with Crippen LogP contribution in [-0.2, 0) is 16.0 Å². The van der Waals surface area contributed by atoms with Crippen LogP contribution in [0.4, 0.5) is 0 Å². The molecule has 1 aromatic carbocycles. The molecule has 1 saturated heterocycles. The molecule has 2 amide bonds. The maximum absolute atomic E-state index is 12.0. The summed E-state index contributed by atoms with van der Waals surface area (Å²) in [6, 6.07) is 7.53. The smallest absolute Gasteiger partial charge is 0.224 e.